The van der Waals surface area contributed by atoms with E-state index in [1.807, 2.05) is 18.2 Å². The largest absolute Gasteiger partial charge is 0.493 e. The number of carboxylic acid groups (broad SMARTS) is 1. The van der Waals surface area contributed by atoms with Gasteiger partial charge in [-0.05, 0) is 24.1 Å². The van der Waals surface area contributed by atoms with Crippen LogP contribution in [0.25, 0.3) is 0 Å². The van der Waals surface area contributed by atoms with Gasteiger partial charge < -0.3 is 24.6 Å². The lowest BCUT2D eigenvalue weighted by Crippen LogP contribution is -2.18. The Morgan fingerprint density at radius 1 is 1.41 bits per heavy atom. The average molecular weight is 307 g/mol. The van der Waals surface area contributed by atoms with E-state index in [1.54, 1.807) is 7.11 Å². The van der Waals surface area contributed by atoms with Crippen LogP contribution in [0, 0.1) is 5.92 Å². The van der Waals surface area contributed by atoms with E-state index < -0.39 is 5.97 Å². The molecule has 0 aliphatic carbocycles. The summed E-state index contributed by atoms with van der Waals surface area (Å²) in [5, 5.41) is 12.4. The van der Waals surface area contributed by atoms with Gasteiger partial charge in [0.15, 0.2) is 11.5 Å². The summed E-state index contributed by atoms with van der Waals surface area (Å²) in [7, 11) is 1.61. The Balaban J connectivity index is 1.76. The number of hydrogen-bond donors (Lipinski definition) is 2. The Morgan fingerprint density at radius 2 is 2.27 bits per heavy atom. The Hall–Kier alpha value is -1.79. The first-order valence-electron chi connectivity index (χ1n) is 7.56. The molecule has 2 aliphatic rings. The van der Waals surface area contributed by atoms with Gasteiger partial charge in [-0.2, -0.15) is 0 Å². The van der Waals surface area contributed by atoms with E-state index in [2.05, 4.69) is 5.32 Å². The number of carbonyl (C=O) groups is 1. The fourth-order valence-corrected chi connectivity index (χ4v) is 2.97. The van der Waals surface area contributed by atoms with E-state index >= 15 is 0 Å². The van der Waals surface area contributed by atoms with E-state index in [-0.39, 0.29) is 18.1 Å². The highest BCUT2D eigenvalue weighted by Gasteiger charge is 2.30. The molecule has 2 heterocycles. The summed E-state index contributed by atoms with van der Waals surface area (Å²) in [6.07, 6.45) is 1.51. The van der Waals surface area contributed by atoms with Gasteiger partial charge in [0, 0.05) is 19.0 Å². The molecule has 0 radical (unpaired) electrons. The Bertz CT molecular complexity index is 541. The highest BCUT2D eigenvalue weighted by atomic mass is 16.6. The molecule has 3 rings (SSSR count). The van der Waals surface area contributed by atoms with Crippen LogP contribution in [0.15, 0.2) is 18.2 Å². The van der Waals surface area contributed by atoms with Crippen molar-refractivity contribution in [1.82, 2.24) is 5.32 Å². The van der Waals surface area contributed by atoms with Crippen LogP contribution in [0.3, 0.4) is 0 Å². The van der Waals surface area contributed by atoms with Crippen molar-refractivity contribution in [2.75, 3.05) is 26.9 Å². The molecule has 0 saturated carbocycles. The normalized spacial score (nSPS) is 27.8. The van der Waals surface area contributed by atoms with E-state index in [4.69, 9.17) is 19.3 Å². The number of methoxy groups -OCH3 is 1. The molecule has 0 spiro atoms. The summed E-state index contributed by atoms with van der Waals surface area (Å²) in [6, 6.07) is 5.81. The number of hydrogen-bond acceptors (Lipinski definition) is 5. The number of nitrogens with one attached hydrogen (secondary N) is 1. The molecule has 2 aliphatic heterocycles. The van der Waals surface area contributed by atoms with Crippen LogP contribution in [0.5, 0.6) is 11.5 Å². The molecule has 22 heavy (non-hydrogen) atoms. The van der Waals surface area contributed by atoms with E-state index in [0.717, 1.165) is 18.6 Å². The van der Waals surface area contributed by atoms with Crippen LogP contribution in [0.4, 0.5) is 0 Å². The average Bonchev–Trinajstić information content (AvgIpc) is 3.18. The van der Waals surface area contributed by atoms with Crippen molar-refractivity contribution in [3.05, 3.63) is 23.8 Å². The van der Waals surface area contributed by atoms with Gasteiger partial charge in [0.2, 0.25) is 0 Å². The molecule has 1 aromatic carbocycles. The maximum absolute atomic E-state index is 11.1. The van der Waals surface area contributed by atoms with Gasteiger partial charge in [0.05, 0.1) is 26.2 Å². The maximum Gasteiger partial charge on any atom is 0.307 e. The lowest BCUT2D eigenvalue weighted by atomic mass is 10.00. The van der Waals surface area contributed by atoms with Gasteiger partial charge in [-0.25, -0.2) is 0 Å². The third kappa shape index (κ3) is 3.18. The topological polar surface area (TPSA) is 77.0 Å². The highest BCUT2D eigenvalue weighted by molar-refractivity contribution is 5.70. The minimum atomic E-state index is -0.747. The first-order chi connectivity index (χ1) is 10.7. The van der Waals surface area contributed by atoms with Crippen molar-refractivity contribution in [2.24, 2.45) is 5.92 Å². The molecular weight excluding hydrogens is 286 g/mol. The molecule has 0 bridgehead atoms. The van der Waals surface area contributed by atoms with Gasteiger partial charge in [0.1, 0.15) is 6.10 Å². The van der Waals surface area contributed by atoms with Crippen molar-refractivity contribution in [2.45, 2.75) is 25.0 Å². The minimum Gasteiger partial charge on any atom is -0.493 e. The van der Waals surface area contributed by atoms with Gasteiger partial charge in [0.25, 0.3) is 0 Å². The van der Waals surface area contributed by atoms with Crippen LogP contribution < -0.4 is 14.8 Å². The van der Waals surface area contributed by atoms with Crippen LogP contribution in [-0.2, 0) is 9.53 Å². The second-order valence-corrected chi connectivity index (χ2v) is 5.75. The Kier molecular flexibility index (Phi) is 4.49. The zero-order chi connectivity index (χ0) is 15.5. The number of benzene rings is 1. The van der Waals surface area contributed by atoms with Gasteiger partial charge in [-0.3, -0.25) is 4.79 Å². The van der Waals surface area contributed by atoms with Crippen LogP contribution >= 0.6 is 0 Å². The van der Waals surface area contributed by atoms with Crippen molar-refractivity contribution in [3.8, 4) is 11.5 Å². The molecule has 6 nitrogen and oxygen atoms in total. The molecule has 3 unspecified atom stereocenters. The minimum absolute atomic E-state index is 0.0363. The highest BCUT2D eigenvalue weighted by Crippen LogP contribution is 2.35. The van der Waals surface area contributed by atoms with Crippen LogP contribution in [-0.4, -0.2) is 44.0 Å². The van der Waals surface area contributed by atoms with E-state index in [9.17, 15) is 4.79 Å². The molecule has 2 saturated heterocycles. The number of ether oxygens (including phenoxy) is 3. The van der Waals surface area contributed by atoms with Gasteiger partial charge in [-0.1, -0.05) is 6.07 Å². The predicted molar refractivity (Wildman–Crippen MR) is 79.3 cm³/mol. The Labute approximate surface area is 129 Å². The first kappa shape index (κ1) is 15.1. The summed E-state index contributed by atoms with van der Waals surface area (Å²) >= 11 is 0. The smallest absolute Gasteiger partial charge is 0.307 e. The molecule has 0 aromatic heterocycles. The lowest BCUT2D eigenvalue weighted by Gasteiger charge is -2.18. The number of aliphatic carboxylic acids is 1. The molecule has 3 atom stereocenters. The molecule has 1 aromatic rings. The number of carboxylic acids is 1. The summed E-state index contributed by atoms with van der Waals surface area (Å²) in [5.41, 5.74) is 1.03. The summed E-state index contributed by atoms with van der Waals surface area (Å²) in [5.74, 6) is 0.294. The fraction of sp³-hybridized carbons (Fsp3) is 0.562. The maximum atomic E-state index is 11.1. The quantitative estimate of drug-likeness (QED) is 0.860. The number of rotatable bonds is 5. The monoisotopic (exact) mass is 307 g/mol. The molecule has 2 fully saturated rings. The summed E-state index contributed by atoms with van der Waals surface area (Å²) < 4.78 is 16.7. The lowest BCUT2D eigenvalue weighted by molar-refractivity contribution is -0.141. The fourth-order valence-electron chi connectivity index (χ4n) is 2.97. The third-order valence-corrected chi connectivity index (χ3v) is 4.25. The zero-order valence-electron chi connectivity index (χ0n) is 12.6. The molecule has 2 N–H and O–H groups in total. The van der Waals surface area contributed by atoms with Crippen LogP contribution in [0.2, 0.25) is 0 Å². The third-order valence-electron chi connectivity index (χ3n) is 4.25. The Morgan fingerprint density at radius 3 is 2.91 bits per heavy atom. The van der Waals surface area contributed by atoms with Crippen LogP contribution in [0.1, 0.15) is 24.4 Å². The zero-order valence-corrected chi connectivity index (χ0v) is 12.6. The standard InChI is InChI=1S/C16H21NO5/c1-20-14-3-2-10(13-6-11(8-17-13)16(18)19)7-15(14)22-12-4-5-21-9-12/h2-3,7,11-13,17H,4-6,8-9H2,1H3,(H,18,19). The van der Waals surface area contributed by atoms with Crippen molar-refractivity contribution in [1.29, 1.82) is 0 Å². The second kappa shape index (κ2) is 6.54. The van der Waals surface area contributed by atoms with Gasteiger partial charge >= 0.3 is 5.97 Å². The molecule has 0 amide bonds. The molecule has 120 valence electrons. The SMILES string of the molecule is COc1ccc(C2CC(C(=O)O)CN2)cc1OC1CCOC1. The van der Waals surface area contributed by atoms with Crippen molar-refractivity contribution >= 4 is 5.97 Å². The second-order valence-electron chi connectivity index (χ2n) is 5.75. The molecule has 6 heteroatoms. The molecular formula is C16H21NO5. The predicted octanol–water partition coefficient (Wildman–Crippen LogP) is 1.60. The van der Waals surface area contributed by atoms with Crippen molar-refractivity contribution < 1.29 is 24.1 Å². The first-order valence-corrected chi connectivity index (χ1v) is 7.56. The summed E-state index contributed by atoms with van der Waals surface area (Å²) in [6.45, 7) is 1.81. The summed E-state index contributed by atoms with van der Waals surface area (Å²) in [4.78, 5) is 11.1. The van der Waals surface area contributed by atoms with Crippen molar-refractivity contribution in [3.63, 3.8) is 0 Å². The van der Waals surface area contributed by atoms with Gasteiger partial charge in [-0.15, -0.1) is 0 Å². The van der Waals surface area contributed by atoms with E-state index in [0.29, 0.717) is 31.1 Å². The van der Waals surface area contributed by atoms with E-state index in [1.165, 1.54) is 0 Å².